The summed E-state index contributed by atoms with van der Waals surface area (Å²) < 4.78 is 11.6. The van der Waals surface area contributed by atoms with Gasteiger partial charge in [0, 0.05) is 50.3 Å². The Bertz CT molecular complexity index is 3340. The van der Waals surface area contributed by atoms with Gasteiger partial charge in [-0.25, -0.2) is 9.59 Å². The fraction of sp³-hybridized carbons (Fsp3) is 0.309. The van der Waals surface area contributed by atoms with Crippen molar-refractivity contribution in [2.24, 2.45) is 20.5 Å². The fourth-order valence-corrected chi connectivity index (χ4v) is 8.61. The van der Waals surface area contributed by atoms with E-state index in [4.69, 9.17) is 9.47 Å². The van der Waals surface area contributed by atoms with Gasteiger partial charge < -0.3 is 41.0 Å². The first kappa shape index (κ1) is 52.7. The summed E-state index contributed by atoms with van der Waals surface area (Å²) in [5.74, 6) is 0.484. The molecule has 0 spiro atoms. The number of anilines is 6. The number of aromatic hydroxyl groups is 2. The summed E-state index contributed by atoms with van der Waals surface area (Å²) in [6.45, 7) is 18.5. The molecule has 0 aliphatic carbocycles. The Hall–Kier alpha value is -8.62. The monoisotopic (exact) mass is 1010 g/mol. The maximum absolute atomic E-state index is 12.6. The summed E-state index contributed by atoms with van der Waals surface area (Å²) in [6, 6.07) is 23.3. The predicted molar refractivity (Wildman–Crippen MR) is 295 cm³/mol. The highest BCUT2D eigenvalue weighted by Crippen LogP contribution is 2.45. The number of aryl methyl sites for hydroxylation is 8. The van der Waals surface area contributed by atoms with Crippen LogP contribution in [0, 0.1) is 55.4 Å². The van der Waals surface area contributed by atoms with Gasteiger partial charge in [-0.3, -0.25) is 9.97 Å². The minimum atomic E-state index is -0.596. The van der Waals surface area contributed by atoms with Crippen LogP contribution in [0.15, 0.2) is 103 Å². The highest BCUT2D eigenvalue weighted by atomic mass is 16.5. The lowest BCUT2D eigenvalue weighted by Gasteiger charge is -2.15. The standard InChI is InChI=1S/C55H62N14O6/c1-30-12-14-40(34(5)22-30)66-68-46-36(7)28-38-24-32(3)26-42(44(38)48(46)70)58-52-60-50(62-54(72)64-52)56-16-9-18-74-20-11-21-75-19-10-17-57-51-61-53(65-55(73)63-51)59-43-27-33(4)25-39-29-37(8)47(49(71)45(39)43)69-67-41-15-13-31(2)23-35(41)6/h12-15,22-29,70-71H,9-11,16-21H2,1-8H3,(H3,56,58,60,62,64,72)(H3,57,59,61,63,65,73). The molecular weight excluding hydrogens is 953 g/mol. The van der Waals surface area contributed by atoms with Crippen LogP contribution in [0.25, 0.3) is 21.5 Å². The molecule has 0 bridgehead atoms. The normalized spacial score (nSPS) is 11.6. The van der Waals surface area contributed by atoms with E-state index in [9.17, 15) is 19.8 Å². The zero-order valence-corrected chi connectivity index (χ0v) is 43.4. The van der Waals surface area contributed by atoms with Crippen molar-refractivity contribution in [1.29, 1.82) is 0 Å². The van der Waals surface area contributed by atoms with Crippen molar-refractivity contribution in [2.75, 3.05) is 60.8 Å². The number of phenolic OH excluding ortho intramolecular Hbond substituents is 2. The number of phenols is 2. The number of fused-ring (bicyclic) bond motifs is 2. The molecule has 8 aromatic rings. The van der Waals surface area contributed by atoms with Gasteiger partial charge in [0.05, 0.1) is 22.7 Å². The maximum Gasteiger partial charge on any atom is 0.351 e. The molecule has 0 aliphatic rings. The second-order valence-corrected chi connectivity index (χ2v) is 18.6. The maximum atomic E-state index is 12.6. The van der Waals surface area contributed by atoms with E-state index >= 15 is 0 Å². The molecule has 2 aromatic heterocycles. The average molecular weight is 1020 g/mol. The third-order valence-electron chi connectivity index (χ3n) is 12.1. The summed E-state index contributed by atoms with van der Waals surface area (Å²) in [6.07, 6.45) is 1.96. The van der Waals surface area contributed by atoms with Gasteiger partial charge in [0.2, 0.25) is 23.8 Å². The van der Waals surface area contributed by atoms with Crippen LogP contribution in [0.5, 0.6) is 11.5 Å². The highest BCUT2D eigenvalue weighted by molar-refractivity contribution is 6.04. The quantitative estimate of drug-likeness (QED) is 0.0232. The van der Waals surface area contributed by atoms with Crippen molar-refractivity contribution >= 4 is 79.5 Å². The molecule has 0 fully saturated rings. The lowest BCUT2D eigenvalue weighted by atomic mass is 10.0. The van der Waals surface area contributed by atoms with E-state index in [1.54, 1.807) is 0 Å². The van der Waals surface area contributed by atoms with Gasteiger partial charge in [-0.05, 0) is 155 Å². The molecule has 8 rings (SSSR count). The first-order valence-electron chi connectivity index (χ1n) is 24.7. The van der Waals surface area contributed by atoms with Crippen LogP contribution >= 0.6 is 0 Å². The Morgan fingerprint density at radius 2 is 0.893 bits per heavy atom. The average Bonchev–Trinajstić information content (AvgIpc) is 3.33. The van der Waals surface area contributed by atoms with Crippen molar-refractivity contribution in [3.05, 3.63) is 138 Å². The lowest BCUT2D eigenvalue weighted by Crippen LogP contribution is -2.19. The summed E-state index contributed by atoms with van der Waals surface area (Å²) in [5.41, 5.74) is 9.53. The van der Waals surface area contributed by atoms with Gasteiger partial charge in [-0.15, -0.1) is 10.2 Å². The van der Waals surface area contributed by atoms with E-state index in [2.05, 4.69) is 71.6 Å². The van der Waals surface area contributed by atoms with Crippen molar-refractivity contribution in [3.8, 4) is 11.5 Å². The summed E-state index contributed by atoms with van der Waals surface area (Å²) in [7, 11) is 0. The molecule has 0 radical (unpaired) electrons. The van der Waals surface area contributed by atoms with Crippen LogP contribution in [0.1, 0.15) is 63.8 Å². The van der Waals surface area contributed by atoms with Gasteiger partial charge in [-0.2, -0.15) is 30.2 Å². The number of H-pyrrole nitrogens is 2. The predicted octanol–water partition coefficient (Wildman–Crippen LogP) is 11.9. The Morgan fingerprint density at radius 3 is 1.31 bits per heavy atom. The van der Waals surface area contributed by atoms with Crippen LogP contribution in [-0.2, 0) is 9.47 Å². The Morgan fingerprint density at radius 1 is 0.480 bits per heavy atom. The van der Waals surface area contributed by atoms with Crippen molar-refractivity contribution in [1.82, 2.24) is 29.9 Å². The van der Waals surface area contributed by atoms with Gasteiger partial charge in [0.25, 0.3) is 0 Å². The summed E-state index contributed by atoms with van der Waals surface area (Å²) in [4.78, 5) is 47.4. The number of rotatable bonds is 22. The molecule has 2 heterocycles. The van der Waals surface area contributed by atoms with Gasteiger partial charge in [-0.1, -0.05) is 47.5 Å². The first-order chi connectivity index (χ1) is 36.1. The van der Waals surface area contributed by atoms with Crippen molar-refractivity contribution in [2.45, 2.75) is 74.7 Å². The van der Waals surface area contributed by atoms with Gasteiger partial charge in [0.1, 0.15) is 11.4 Å². The Kier molecular flexibility index (Phi) is 16.8. The largest absolute Gasteiger partial charge is 0.505 e. The zero-order chi connectivity index (χ0) is 53.2. The molecule has 8 N–H and O–H groups in total. The number of hydrogen-bond donors (Lipinski definition) is 8. The van der Waals surface area contributed by atoms with Crippen LogP contribution < -0.4 is 32.6 Å². The Labute approximate surface area is 433 Å². The SMILES string of the molecule is Cc1ccc(N=Nc2c(C)cc3cc(C)cc(Nc4nc(NCCCOCCCOCCCNc5nc(Nc6cc(C)cc7cc(C)c(N=Nc8ccc(C)cc8C)c(O)c67)[nH]c(=O)n5)nc(=O)[nH]4)c3c2O)c(C)c1. The number of aromatic nitrogens is 6. The highest BCUT2D eigenvalue weighted by Gasteiger charge is 2.18. The van der Waals surface area contributed by atoms with E-state index in [-0.39, 0.29) is 35.3 Å². The number of nitrogens with one attached hydrogen (secondary N) is 6. The molecule has 6 aromatic carbocycles. The molecule has 0 aliphatic heterocycles. The molecule has 0 saturated carbocycles. The van der Waals surface area contributed by atoms with Crippen molar-refractivity contribution < 1.29 is 19.7 Å². The Balaban J connectivity index is 0.760. The second-order valence-electron chi connectivity index (χ2n) is 18.6. The van der Waals surface area contributed by atoms with E-state index in [0.717, 1.165) is 55.3 Å². The van der Waals surface area contributed by atoms with E-state index in [1.807, 2.05) is 128 Å². The summed E-state index contributed by atoms with van der Waals surface area (Å²) >= 11 is 0. The number of azo groups is 2. The van der Waals surface area contributed by atoms with Gasteiger partial charge in [0.15, 0.2) is 11.5 Å². The lowest BCUT2D eigenvalue weighted by molar-refractivity contribution is 0.0825. The topological polar surface area (TPSA) is 274 Å². The molecule has 75 heavy (non-hydrogen) atoms. The smallest absolute Gasteiger partial charge is 0.351 e. The number of ether oxygens (including phenoxy) is 2. The fourth-order valence-electron chi connectivity index (χ4n) is 8.61. The molecule has 20 heteroatoms. The number of nitrogens with zero attached hydrogens (tertiary/aromatic N) is 8. The molecule has 0 amide bonds. The van der Waals surface area contributed by atoms with Crippen LogP contribution in [0.2, 0.25) is 0 Å². The van der Waals surface area contributed by atoms with E-state index in [1.165, 1.54) is 0 Å². The second kappa shape index (κ2) is 23.9. The number of hydrogen-bond acceptors (Lipinski definition) is 18. The molecule has 0 unspecified atom stereocenters. The minimum absolute atomic E-state index is 0.0466. The molecular formula is C55H62N14O6. The van der Waals surface area contributed by atoms with Crippen molar-refractivity contribution in [3.63, 3.8) is 0 Å². The summed E-state index contributed by atoms with van der Waals surface area (Å²) in [5, 5.41) is 56.0. The van der Waals surface area contributed by atoms with Crippen LogP contribution in [0.4, 0.5) is 57.9 Å². The molecule has 0 saturated heterocycles. The molecule has 0 atom stereocenters. The van der Waals surface area contributed by atoms with Crippen LogP contribution in [0.3, 0.4) is 0 Å². The number of benzene rings is 6. The molecule has 388 valence electrons. The zero-order valence-electron chi connectivity index (χ0n) is 43.4. The third kappa shape index (κ3) is 13.5. The number of aromatic amines is 2. The minimum Gasteiger partial charge on any atom is -0.505 e. The van der Waals surface area contributed by atoms with E-state index in [0.29, 0.717) is 104 Å². The van der Waals surface area contributed by atoms with E-state index < -0.39 is 11.4 Å². The third-order valence-corrected chi connectivity index (χ3v) is 12.1. The first-order valence-corrected chi connectivity index (χ1v) is 24.7. The van der Waals surface area contributed by atoms with Crippen LogP contribution in [-0.4, -0.2) is 79.6 Å². The molecule has 20 nitrogen and oxygen atoms in total. The van der Waals surface area contributed by atoms with Gasteiger partial charge >= 0.3 is 11.4 Å².